The van der Waals surface area contributed by atoms with E-state index in [2.05, 4.69) is 74.5 Å². The Bertz CT molecular complexity index is 924. The Kier molecular flexibility index (Phi) is 4.75. The zero-order valence-electron chi connectivity index (χ0n) is 12.5. The highest BCUT2D eigenvalue weighted by molar-refractivity contribution is 6.13. The SMILES string of the molecule is C.C.CC1=Cc2c(c3ccc(C)cc3c3ccccc23)CC=C1. The summed E-state index contributed by atoms with van der Waals surface area (Å²) in [6, 6.07) is 15.6. The van der Waals surface area contributed by atoms with E-state index >= 15 is 0 Å². The molecule has 0 N–H and O–H groups in total. The smallest absolute Gasteiger partial charge is 0.00819 e. The average molecular weight is 302 g/mol. The van der Waals surface area contributed by atoms with Gasteiger partial charge in [0.25, 0.3) is 0 Å². The summed E-state index contributed by atoms with van der Waals surface area (Å²) in [5.74, 6) is 0. The maximum Gasteiger partial charge on any atom is -0.00819 e. The van der Waals surface area contributed by atoms with Gasteiger partial charge in [-0.3, -0.25) is 0 Å². The monoisotopic (exact) mass is 302 g/mol. The zero-order valence-corrected chi connectivity index (χ0v) is 12.5. The molecule has 3 aromatic rings. The van der Waals surface area contributed by atoms with Gasteiger partial charge in [0.2, 0.25) is 0 Å². The van der Waals surface area contributed by atoms with Gasteiger partial charge in [0.15, 0.2) is 0 Å². The first-order valence-corrected chi connectivity index (χ1v) is 7.53. The number of hydrogen-bond donors (Lipinski definition) is 0. The molecule has 23 heavy (non-hydrogen) atoms. The highest BCUT2D eigenvalue weighted by Crippen LogP contribution is 2.36. The summed E-state index contributed by atoms with van der Waals surface area (Å²) in [6.07, 6.45) is 7.86. The summed E-state index contributed by atoms with van der Waals surface area (Å²) >= 11 is 0. The highest BCUT2D eigenvalue weighted by atomic mass is 14.2. The zero-order chi connectivity index (χ0) is 14.4. The molecule has 0 heteroatoms. The van der Waals surface area contributed by atoms with E-state index in [0.717, 1.165) is 6.42 Å². The Labute approximate surface area is 140 Å². The summed E-state index contributed by atoms with van der Waals surface area (Å²) in [7, 11) is 0. The van der Waals surface area contributed by atoms with Crippen LogP contribution in [-0.2, 0) is 6.42 Å². The largest absolute Gasteiger partial charge is 0.0798 e. The van der Waals surface area contributed by atoms with Crippen LogP contribution in [0, 0.1) is 6.92 Å². The molecular formula is C23H26. The van der Waals surface area contributed by atoms with Crippen LogP contribution in [0.2, 0.25) is 0 Å². The molecular weight excluding hydrogens is 276 g/mol. The third-order valence-corrected chi connectivity index (χ3v) is 4.41. The summed E-state index contributed by atoms with van der Waals surface area (Å²) in [5.41, 5.74) is 5.50. The summed E-state index contributed by atoms with van der Waals surface area (Å²) < 4.78 is 0. The third kappa shape index (κ3) is 2.70. The van der Waals surface area contributed by atoms with Crippen LogP contribution in [0.1, 0.15) is 38.5 Å². The van der Waals surface area contributed by atoms with Crippen molar-refractivity contribution in [2.24, 2.45) is 0 Å². The molecule has 0 aliphatic heterocycles. The molecule has 0 atom stereocenters. The van der Waals surface area contributed by atoms with Gasteiger partial charge in [0.1, 0.15) is 0 Å². The first kappa shape index (κ1) is 17.0. The van der Waals surface area contributed by atoms with Gasteiger partial charge in [-0.2, -0.15) is 0 Å². The van der Waals surface area contributed by atoms with E-state index in [9.17, 15) is 0 Å². The molecule has 0 aromatic heterocycles. The van der Waals surface area contributed by atoms with Crippen LogP contribution in [0.3, 0.4) is 0 Å². The van der Waals surface area contributed by atoms with Gasteiger partial charge >= 0.3 is 0 Å². The molecule has 0 saturated heterocycles. The predicted octanol–water partition coefficient (Wildman–Crippen LogP) is 7.09. The van der Waals surface area contributed by atoms with Crippen LogP contribution >= 0.6 is 0 Å². The molecule has 1 aliphatic carbocycles. The van der Waals surface area contributed by atoms with Crippen LogP contribution in [0.4, 0.5) is 0 Å². The lowest BCUT2D eigenvalue weighted by Gasteiger charge is -2.14. The van der Waals surface area contributed by atoms with Gasteiger partial charge in [0.05, 0.1) is 0 Å². The Morgan fingerprint density at radius 1 is 0.783 bits per heavy atom. The maximum atomic E-state index is 2.33. The third-order valence-electron chi connectivity index (χ3n) is 4.41. The topological polar surface area (TPSA) is 0 Å². The van der Waals surface area contributed by atoms with Crippen molar-refractivity contribution in [2.75, 3.05) is 0 Å². The second-order valence-corrected chi connectivity index (χ2v) is 5.98. The van der Waals surface area contributed by atoms with Gasteiger partial charge in [-0.25, -0.2) is 0 Å². The highest BCUT2D eigenvalue weighted by Gasteiger charge is 2.13. The van der Waals surface area contributed by atoms with E-state index < -0.39 is 0 Å². The van der Waals surface area contributed by atoms with Crippen LogP contribution in [0.15, 0.2) is 60.2 Å². The fourth-order valence-electron chi connectivity index (χ4n) is 3.43. The van der Waals surface area contributed by atoms with Crippen molar-refractivity contribution in [2.45, 2.75) is 35.1 Å². The summed E-state index contributed by atoms with van der Waals surface area (Å²) in [5, 5.41) is 5.50. The molecule has 0 heterocycles. The van der Waals surface area contributed by atoms with E-state index in [1.165, 1.54) is 43.8 Å². The van der Waals surface area contributed by atoms with Crippen molar-refractivity contribution in [3.8, 4) is 0 Å². The van der Waals surface area contributed by atoms with Gasteiger partial charge < -0.3 is 0 Å². The number of allylic oxidation sites excluding steroid dienone is 3. The second kappa shape index (κ2) is 6.42. The van der Waals surface area contributed by atoms with E-state index in [4.69, 9.17) is 0 Å². The van der Waals surface area contributed by atoms with E-state index in [1.807, 2.05) is 0 Å². The Morgan fingerprint density at radius 2 is 1.52 bits per heavy atom. The first-order valence-electron chi connectivity index (χ1n) is 7.53. The molecule has 0 fully saturated rings. The van der Waals surface area contributed by atoms with Gasteiger partial charge in [-0.1, -0.05) is 86.7 Å². The number of fused-ring (bicyclic) bond motifs is 6. The number of rotatable bonds is 0. The van der Waals surface area contributed by atoms with Crippen molar-refractivity contribution < 1.29 is 0 Å². The van der Waals surface area contributed by atoms with E-state index in [0.29, 0.717) is 0 Å². The lowest BCUT2D eigenvalue weighted by molar-refractivity contribution is 1.30. The van der Waals surface area contributed by atoms with Crippen LogP contribution in [0.5, 0.6) is 0 Å². The minimum absolute atomic E-state index is 0. The molecule has 0 nitrogen and oxygen atoms in total. The average Bonchev–Trinajstić information content (AvgIpc) is 2.69. The van der Waals surface area contributed by atoms with Crippen molar-refractivity contribution in [3.05, 3.63) is 76.9 Å². The van der Waals surface area contributed by atoms with Crippen molar-refractivity contribution in [1.82, 2.24) is 0 Å². The van der Waals surface area contributed by atoms with Crippen molar-refractivity contribution >= 4 is 27.6 Å². The van der Waals surface area contributed by atoms with Crippen LogP contribution in [0.25, 0.3) is 27.6 Å². The fraction of sp³-hybridized carbons (Fsp3) is 0.217. The molecule has 0 spiro atoms. The lowest BCUT2D eigenvalue weighted by atomic mass is 9.89. The summed E-state index contributed by atoms with van der Waals surface area (Å²) in [4.78, 5) is 0. The molecule has 0 radical (unpaired) electrons. The van der Waals surface area contributed by atoms with Gasteiger partial charge in [-0.05, 0) is 52.9 Å². The van der Waals surface area contributed by atoms with Crippen LogP contribution < -0.4 is 0 Å². The Hall–Kier alpha value is -2.34. The van der Waals surface area contributed by atoms with Crippen molar-refractivity contribution in [1.29, 1.82) is 0 Å². The minimum Gasteiger partial charge on any atom is -0.0798 e. The van der Waals surface area contributed by atoms with Crippen LogP contribution in [-0.4, -0.2) is 0 Å². The first-order chi connectivity index (χ1) is 10.2. The standard InChI is InChI=1S/C21H18.2CH4/c1-14-6-5-9-18-19-11-10-15(2)13-21(19)17-8-4-3-7-16(17)20(18)12-14;;/h3-8,10-13H,9H2,1-2H3;2*1H4. The minimum atomic E-state index is 0. The normalized spacial score (nSPS) is 12.9. The lowest BCUT2D eigenvalue weighted by Crippen LogP contribution is -1.93. The van der Waals surface area contributed by atoms with Gasteiger partial charge in [0, 0.05) is 0 Å². The quantitative estimate of drug-likeness (QED) is 0.389. The molecule has 118 valence electrons. The molecule has 0 bridgehead atoms. The van der Waals surface area contributed by atoms with E-state index in [-0.39, 0.29) is 14.9 Å². The maximum absolute atomic E-state index is 2.33. The molecule has 1 aliphatic rings. The number of hydrogen-bond acceptors (Lipinski definition) is 0. The number of benzene rings is 3. The molecule has 0 saturated carbocycles. The molecule has 3 aromatic carbocycles. The molecule has 4 rings (SSSR count). The Morgan fingerprint density at radius 3 is 2.30 bits per heavy atom. The molecule has 0 unspecified atom stereocenters. The van der Waals surface area contributed by atoms with Gasteiger partial charge in [-0.15, -0.1) is 0 Å². The predicted molar refractivity (Wildman–Crippen MR) is 106 cm³/mol. The Balaban J connectivity index is 0.000000960. The fourth-order valence-corrected chi connectivity index (χ4v) is 3.43. The molecule has 0 amide bonds. The number of aryl methyl sites for hydroxylation is 1. The van der Waals surface area contributed by atoms with Crippen molar-refractivity contribution in [3.63, 3.8) is 0 Å². The summed E-state index contributed by atoms with van der Waals surface area (Å²) in [6.45, 7) is 4.35. The second-order valence-electron chi connectivity index (χ2n) is 5.98. The van der Waals surface area contributed by atoms with E-state index in [1.54, 1.807) is 0 Å².